The fourth-order valence-corrected chi connectivity index (χ4v) is 3.67. The van der Waals surface area contributed by atoms with Crippen LogP contribution >= 0.6 is 11.6 Å². The van der Waals surface area contributed by atoms with E-state index in [0.717, 1.165) is 6.07 Å². The van der Waals surface area contributed by atoms with Crippen molar-refractivity contribution in [3.05, 3.63) is 58.9 Å². The molecule has 0 aliphatic carbocycles. The van der Waals surface area contributed by atoms with Crippen LogP contribution in [0.2, 0.25) is 5.02 Å². The molecule has 0 aromatic heterocycles. The average Bonchev–Trinajstić information content (AvgIpc) is 2.48. The molecular formula is C17H18ClFN2O3S. The quantitative estimate of drug-likeness (QED) is 0.841. The number of anilines is 1. The first kappa shape index (κ1) is 19.4. The summed E-state index contributed by atoms with van der Waals surface area (Å²) < 4.78 is 40.0. The molecule has 0 unspecified atom stereocenters. The molecule has 5 nitrogen and oxygen atoms in total. The third kappa shape index (κ3) is 5.26. The SMILES string of the molecule is CC(C)(C)NS(=O)(=O)c1ccc(C(=O)Nc2ccc(F)cc2Cl)cc1. The van der Waals surface area contributed by atoms with Crippen molar-refractivity contribution in [1.29, 1.82) is 0 Å². The van der Waals surface area contributed by atoms with Crippen LogP contribution in [0.3, 0.4) is 0 Å². The van der Waals surface area contributed by atoms with Gasteiger partial charge in [-0.25, -0.2) is 17.5 Å². The van der Waals surface area contributed by atoms with Crippen molar-refractivity contribution in [3.63, 3.8) is 0 Å². The van der Waals surface area contributed by atoms with Gasteiger partial charge in [-0.15, -0.1) is 0 Å². The Morgan fingerprint density at radius 1 is 1.08 bits per heavy atom. The van der Waals surface area contributed by atoms with E-state index in [1.165, 1.54) is 36.4 Å². The molecule has 1 amide bonds. The Hall–Kier alpha value is -1.96. The van der Waals surface area contributed by atoms with Crippen LogP contribution in [0.4, 0.5) is 10.1 Å². The first-order valence-electron chi connectivity index (χ1n) is 7.38. The Labute approximate surface area is 151 Å². The van der Waals surface area contributed by atoms with E-state index in [1.54, 1.807) is 20.8 Å². The van der Waals surface area contributed by atoms with Gasteiger partial charge in [-0.3, -0.25) is 4.79 Å². The maximum absolute atomic E-state index is 13.0. The van der Waals surface area contributed by atoms with Crippen LogP contribution < -0.4 is 10.0 Å². The third-order valence-electron chi connectivity index (χ3n) is 3.05. The zero-order chi connectivity index (χ0) is 18.8. The standard InChI is InChI=1S/C17H18ClFN2O3S/c1-17(2,3)21-25(23,24)13-7-4-11(5-8-13)16(22)20-15-9-6-12(19)10-14(15)18/h4-10,21H,1-3H3,(H,20,22). The number of nitrogens with one attached hydrogen (secondary N) is 2. The minimum Gasteiger partial charge on any atom is -0.321 e. The van der Waals surface area contributed by atoms with E-state index in [0.29, 0.717) is 0 Å². The second-order valence-corrected chi connectivity index (χ2v) is 8.55. The summed E-state index contributed by atoms with van der Waals surface area (Å²) in [4.78, 5) is 12.3. The van der Waals surface area contributed by atoms with Gasteiger partial charge in [0.2, 0.25) is 10.0 Å². The van der Waals surface area contributed by atoms with Crippen LogP contribution in [0.5, 0.6) is 0 Å². The highest BCUT2D eigenvalue weighted by atomic mass is 35.5. The lowest BCUT2D eigenvalue weighted by molar-refractivity contribution is 0.102. The number of benzene rings is 2. The molecule has 2 aromatic rings. The highest BCUT2D eigenvalue weighted by molar-refractivity contribution is 7.89. The molecule has 2 aromatic carbocycles. The predicted molar refractivity (Wildman–Crippen MR) is 95.9 cm³/mol. The van der Waals surface area contributed by atoms with Crippen molar-refractivity contribution in [2.75, 3.05) is 5.32 Å². The van der Waals surface area contributed by atoms with E-state index in [9.17, 15) is 17.6 Å². The Kier molecular flexibility index (Phi) is 5.51. The Morgan fingerprint density at radius 2 is 1.68 bits per heavy atom. The van der Waals surface area contributed by atoms with Crippen LogP contribution in [0.1, 0.15) is 31.1 Å². The molecule has 0 radical (unpaired) electrons. The molecule has 134 valence electrons. The molecule has 0 saturated heterocycles. The molecule has 0 spiro atoms. The van der Waals surface area contributed by atoms with Gasteiger partial charge in [0.1, 0.15) is 5.82 Å². The molecule has 0 aliphatic rings. The Balaban J connectivity index is 2.18. The monoisotopic (exact) mass is 384 g/mol. The second-order valence-electron chi connectivity index (χ2n) is 6.46. The molecule has 8 heteroatoms. The summed E-state index contributed by atoms with van der Waals surface area (Å²) >= 11 is 5.87. The largest absolute Gasteiger partial charge is 0.321 e. The Bertz CT molecular complexity index is 891. The number of hydrogen-bond donors (Lipinski definition) is 2. The number of carbonyl (C=O) groups is 1. The van der Waals surface area contributed by atoms with Crippen molar-refractivity contribution in [2.45, 2.75) is 31.2 Å². The van der Waals surface area contributed by atoms with Gasteiger partial charge in [-0.05, 0) is 63.2 Å². The van der Waals surface area contributed by atoms with E-state index < -0.39 is 27.3 Å². The van der Waals surface area contributed by atoms with Crippen molar-refractivity contribution in [3.8, 4) is 0 Å². The molecule has 0 heterocycles. The second kappa shape index (κ2) is 7.11. The zero-order valence-electron chi connectivity index (χ0n) is 13.9. The Morgan fingerprint density at radius 3 is 2.20 bits per heavy atom. The summed E-state index contributed by atoms with van der Waals surface area (Å²) in [5.41, 5.74) is -0.108. The minimum absolute atomic E-state index is 0.0544. The molecular weight excluding hydrogens is 367 g/mol. The van der Waals surface area contributed by atoms with E-state index in [4.69, 9.17) is 11.6 Å². The van der Waals surface area contributed by atoms with Crippen LogP contribution in [0, 0.1) is 5.82 Å². The maximum atomic E-state index is 13.0. The van der Waals surface area contributed by atoms with E-state index >= 15 is 0 Å². The lowest BCUT2D eigenvalue weighted by atomic mass is 10.1. The molecule has 25 heavy (non-hydrogen) atoms. The lowest BCUT2D eigenvalue weighted by Crippen LogP contribution is -2.40. The molecule has 0 bridgehead atoms. The van der Waals surface area contributed by atoms with Gasteiger partial charge in [0.05, 0.1) is 15.6 Å². The van der Waals surface area contributed by atoms with Crippen molar-refractivity contribution >= 4 is 33.2 Å². The number of amides is 1. The van der Waals surface area contributed by atoms with Crippen molar-refractivity contribution in [2.24, 2.45) is 0 Å². The predicted octanol–water partition coefficient (Wildman–Crippen LogP) is 3.81. The molecule has 0 aliphatic heterocycles. The number of carbonyl (C=O) groups excluding carboxylic acids is 1. The minimum atomic E-state index is -3.68. The van der Waals surface area contributed by atoms with Crippen LogP contribution in [0.25, 0.3) is 0 Å². The van der Waals surface area contributed by atoms with Crippen molar-refractivity contribution in [1.82, 2.24) is 4.72 Å². The number of sulfonamides is 1. The summed E-state index contributed by atoms with van der Waals surface area (Å²) in [6.45, 7) is 5.20. The number of rotatable bonds is 4. The van der Waals surface area contributed by atoms with E-state index in [1.807, 2.05) is 0 Å². The molecule has 0 fully saturated rings. The summed E-state index contributed by atoms with van der Waals surface area (Å²) in [6.07, 6.45) is 0. The smallest absolute Gasteiger partial charge is 0.255 e. The normalized spacial score (nSPS) is 12.0. The average molecular weight is 385 g/mol. The van der Waals surface area contributed by atoms with Gasteiger partial charge in [0.15, 0.2) is 0 Å². The van der Waals surface area contributed by atoms with Gasteiger partial charge in [0, 0.05) is 11.1 Å². The zero-order valence-corrected chi connectivity index (χ0v) is 15.5. The third-order valence-corrected chi connectivity index (χ3v) is 5.13. The lowest BCUT2D eigenvalue weighted by Gasteiger charge is -2.20. The molecule has 0 atom stereocenters. The van der Waals surface area contributed by atoms with Gasteiger partial charge < -0.3 is 5.32 Å². The molecule has 2 rings (SSSR count). The summed E-state index contributed by atoms with van der Waals surface area (Å²) in [5, 5.41) is 2.62. The van der Waals surface area contributed by atoms with Gasteiger partial charge in [-0.1, -0.05) is 11.6 Å². The van der Waals surface area contributed by atoms with Gasteiger partial charge >= 0.3 is 0 Å². The summed E-state index contributed by atoms with van der Waals surface area (Å²) in [5.74, 6) is -0.995. The van der Waals surface area contributed by atoms with E-state index in [2.05, 4.69) is 10.0 Å². The first-order chi connectivity index (χ1) is 11.5. The fourth-order valence-electron chi connectivity index (χ4n) is 2.03. The number of halogens is 2. The van der Waals surface area contributed by atoms with Crippen molar-refractivity contribution < 1.29 is 17.6 Å². The number of hydrogen-bond acceptors (Lipinski definition) is 3. The first-order valence-corrected chi connectivity index (χ1v) is 9.24. The van der Waals surface area contributed by atoms with Gasteiger partial charge in [-0.2, -0.15) is 0 Å². The van der Waals surface area contributed by atoms with E-state index in [-0.39, 0.29) is 21.2 Å². The highest BCUT2D eigenvalue weighted by Gasteiger charge is 2.22. The summed E-state index contributed by atoms with van der Waals surface area (Å²) in [6, 6.07) is 9.08. The molecule has 0 saturated carbocycles. The maximum Gasteiger partial charge on any atom is 0.255 e. The molecule has 2 N–H and O–H groups in total. The van der Waals surface area contributed by atoms with Crippen LogP contribution in [0.15, 0.2) is 47.4 Å². The van der Waals surface area contributed by atoms with Crippen LogP contribution in [-0.4, -0.2) is 19.9 Å². The topological polar surface area (TPSA) is 75.3 Å². The summed E-state index contributed by atoms with van der Waals surface area (Å²) in [7, 11) is -3.68. The van der Waals surface area contributed by atoms with Gasteiger partial charge in [0.25, 0.3) is 5.91 Å². The fraction of sp³-hybridized carbons (Fsp3) is 0.235. The van der Waals surface area contributed by atoms with Crippen LogP contribution in [-0.2, 0) is 10.0 Å². The highest BCUT2D eigenvalue weighted by Crippen LogP contribution is 2.23.